The molecule has 3 N–H and O–H groups in total. The molecule has 2 rings (SSSR count). The highest BCUT2D eigenvalue weighted by Gasteiger charge is 2.21. The molecule has 1 aromatic rings. The number of carbonyl (C=O) groups excluding carboxylic acids is 1. The van der Waals surface area contributed by atoms with Crippen molar-refractivity contribution in [1.29, 1.82) is 0 Å². The molecule has 1 aromatic carbocycles. The maximum atomic E-state index is 11.5. The SMILES string of the molecule is C[C@@H](N)C(=O)NC1CCN(Cc2ccccc2)CC1. The van der Waals surface area contributed by atoms with Crippen LogP contribution in [0.3, 0.4) is 0 Å². The average molecular weight is 261 g/mol. The first-order chi connectivity index (χ1) is 9.15. The number of carbonyl (C=O) groups is 1. The Labute approximate surface area is 115 Å². The number of amides is 1. The highest BCUT2D eigenvalue weighted by molar-refractivity contribution is 5.81. The molecule has 1 atom stereocenters. The zero-order valence-corrected chi connectivity index (χ0v) is 11.5. The van der Waals surface area contributed by atoms with Crippen LogP contribution in [0.15, 0.2) is 30.3 Å². The van der Waals surface area contributed by atoms with E-state index in [2.05, 4.69) is 34.5 Å². The fourth-order valence-electron chi connectivity index (χ4n) is 2.41. The largest absolute Gasteiger partial charge is 0.352 e. The van der Waals surface area contributed by atoms with Gasteiger partial charge in [0.15, 0.2) is 0 Å². The molecule has 0 aromatic heterocycles. The number of nitrogens with zero attached hydrogens (tertiary/aromatic N) is 1. The molecule has 1 heterocycles. The third kappa shape index (κ3) is 4.33. The fourth-order valence-corrected chi connectivity index (χ4v) is 2.41. The summed E-state index contributed by atoms with van der Waals surface area (Å²) in [5, 5.41) is 3.01. The lowest BCUT2D eigenvalue weighted by molar-refractivity contribution is -0.123. The molecule has 1 amide bonds. The van der Waals surface area contributed by atoms with Gasteiger partial charge in [0.25, 0.3) is 0 Å². The van der Waals surface area contributed by atoms with Gasteiger partial charge in [0.1, 0.15) is 0 Å². The summed E-state index contributed by atoms with van der Waals surface area (Å²) in [7, 11) is 0. The number of piperidine rings is 1. The molecule has 0 saturated carbocycles. The van der Waals surface area contributed by atoms with E-state index in [1.807, 2.05) is 6.07 Å². The van der Waals surface area contributed by atoms with Crippen LogP contribution < -0.4 is 11.1 Å². The summed E-state index contributed by atoms with van der Waals surface area (Å²) in [6.45, 7) is 4.77. The van der Waals surface area contributed by atoms with Gasteiger partial charge in [-0.05, 0) is 25.3 Å². The van der Waals surface area contributed by atoms with Crippen LogP contribution in [0, 0.1) is 0 Å². The first kappa shape index (κ1) is 14.0. The smallest absolute Gasteiger partial charge is 0.236 e. The van der Waals surface area contributed by atoms with Crippen molar-refractivity contribution in [2.45, 2.75) is 38.4 Å². The van der Waals surface area contributed by atoms with Gasteiger partial charge in [-0.2, -0.15) is 0 Å². The number of nitrogens with two attached hydrogens (primary N) is 1. The Balaban J connectivity index is 1.75. The minimum absolute atomic E-state index is 0.0403. The van der Waals surface area contributed by atoms with Gasteiger partial charge >= 0.3 is 0 Å². The van der Waals surface area contributed by atoms with Crippen LogP contribution in [0.25, 0.3) is 0 Å². The quantitative estimate of drug-likeness (QED) is 0.854. The van der Waals surface area contributed by atoms with E-state index in [1.54, 1.807) is 6.92 Å². The van der Waals surface area contributed by atoms with E-state index in [4.69, 9.17) is 5.73 Å². The van der Waals surface area contributed by atoms with E-state index in [9.17, 15) is 4.79 Å². The number of hydrogen-bond acceptors (Lipinski definition) is 3. The Morgan fingerprint density at radius 3 is 2.58 bits per heavy atom. The molecule has 1 fully saturated rings. The monoisotopic (exact) mass is 261 g/mol. The number of hydrogen-bond donors (Lipinski definition) is 2. The summed E-state index contributed by atoms with van der Waals surface area (Å²) in [4.78, 5) is 14.0. The van der Waals surface area contributed by atoms with E-state index in [0.717, 1.165) is 32.5 Å². The van der Waals surface area contributed by atoms with Crippen LogP contribution in [-0.4, -0.2) is 36.0 Å². The van der Waals surface area contributed by atoms with Crippen molar-refractivity contribution in [1.82, 2.24) is 10.2 Å². The van der Waals surface area contributed by atoms with E-state index < -0.39 is 6.04 Å². The number of likely N-dealkylation sites (tertiary alicyclic amines) is 1. The zero-order chi connectivity index (χ0) is 13.7. The molecule has 4 nitrogen and oxygen atoms in total. The maximum absolute atomic E-state index is 11.5. The molecule has 1 saturated heterocycles. The van der Waals surface area contributed by atoms with Gasteiger partial charge < -0.3 is 11.1 Å². The number of rotatable bonds is 4. The highest BCUT2D eigenvalue weighted by Crippen LogP contribution is 2.13. The van der Waals surface area contributed by atoms with Crippen LogP contribution >= 0.6 is 0 Å². The number of nitrogens with one attached hydrogen (secondary N) is 1. The second-order valence-corrected chi connectivity index (χ2v) is 5.33. The minimum Gasteiger partial charge on any atom is -0.352 e. The van der Waals surface area contributed by atoms with Crippen molar-refractivity contribution in [3.63, 3.8) is 0 Å². The highest BCUT2D eigenvalue weighted by atomic mass is 16.2. The van der Waals surface area contributed by atoms with Crippen molar-refractivity contribution in [3.05, 3.63) is 35.9 Å². The van der Waals surface area contributed by atoms with Gasteiger partial charge in [-0.3, -0.25) is 9.69 Å². The summed E-state index contributed by atoms with van der Waals surface area (Å²) >= 11 is 0. The molecule has 104 valence electrons. The molecule has 0 aliphatic carbocycles. The van der Waals surface area contributed by atoms with Crippen molar-refractivity contribution in [2.24, 2.45) is 5.73 Å². The van der Waals surface area contributed by atoms with Crippen molar-refractivity contribution >= 4 is 5.91 Å². The normalized spacial score (nSPS) is 19.1. The standard InChI is InChI=1S/C15H23N3O/c1-12(16)15(19)17-14-7-9-18(10-8-14)11-13-5-3-2-4-6-13/h2-6,12,14H,7-11,16H2,1H3,(H,17,19)/t12-/m1/s1. The first-order valence-corrected chi connectivity index (χ1v) is 6.97. The summed E-state index contributed by atoms with van der Waals surface area (Å²) in [6, 6.07) is 10.4. The Bertz CT molecular complexity index is 397. The topological polar surface area (TPSA) is 58.4 Å². The predicted octanol–water partition coefficient (Wildman–Crippen LogP) is 1.11. The van der Waals surface area contributed by atoms with E-state index >= 15 is 0 Å². The molecule has 0 spiro atoms. The van der Waals surface area contributed by atoms with E-state index in [-0.39, 0.29) is 11.9 Å². The Kier molecular flexibility index (Phi) is 4.93. The van der Waals surface area contributed by atoms with Crippen molar-refractivity contribution in [2.75, 3.05) is 13.1 Å². The maximum Gasteiger partial charge on any atom is 0.236 e. The second-order valence-electron chi connectivity index (χ2n) is 5.33. The molecule has 0 bridgehead atoms. The summed E-state index contributed by atoms with van der Waals surface area (Å²) in [5.74, 6) is -0.0403. The lowest BCUT2D eigenvalue weighted by Crippen LogP contribution is -2.48. The summed E-state index contributed by atoms with van der Waals surface area (Å²) in [6.07, 6.45) is 2.01. The Morgan fingerprint density at radius 2 is 2.00 bits per heavy atom. The fraction of sp³-hybridized carbons (Fsp3) is 0.533. The van der Waals surface area contributed by atoms with E-state index in [0.29, 0.717) is 0 Å². The zero-order valence-electron chi connectivity index (χ0n) is 11.5. The number of benzene rings is 1. The van der Waals surface area contributed by atoms with Gasteiger partial charge in [0.05, 0.1) is 6.04 Å². The lowest BCUT2D eigenvalue weighted by atomic mass is 10.0. The van der Waals surface area contributed by atoms with Crippen LogP contribution in [0.4, 0.5) is 0 Å². The lowest BCUT2D eigenvalue weighted by Gasteiger charge is -2.32. The predicted molar refractivity (Wildman–Crippen MR) is 76.5 cm³/mol. The third-order valence-electron chi connectivity index (χ3n) is 3.60. The van der Waals surface area contributed by atoms with Gasteiger partial charge in [-0.25, -0.2) is 0 Å². The summed E-state index contributed by atoms with van der Waals surface area (Å²) < 4.78 is 0. The minimum atomic E-state index is -0.414. The van der Waals surface area contributed by atoms with Crippen molar-refractivity contribution in [3.8, 4) is 0 Å². The Morgan fingerprint density at radius 1 is 1.37 bits per heavy atom. The van der Waals surface area contributed by atoms with Gasteiger partial charge in [0, 0.05) is 25.7 Å². The molecule has 19 heavy (non-hydrogen) atoms. The first-order valence-electron chi connectivity index (χ1n) is 6.97. The van der Waals surface area contributed by atoms with E-state index in [1.165, 1.54) is 5.56 Å². The van der Waals surface area contributed by atoms with Crippen LogP contribution in [-0.2, 0) is 11.3 Å². The molecular formula is C15H23N3O. The molecule has 0 radical (unpaired) electrons. The third-order valence-corrected chi connectivity index (χ3v) is 3.60. The van der Waals surface area contributed by atoms with Gasteiger partial charge in [0.2, 0.25) is 5.91 Å². The van der Waals surface area contributed by atoms with Crippen LogP contribution in [0.2, 0.25) is 0 Å². The summed E-state index contributed by atoms with van der Waals surface area (Å²) in [5.41, 5.74) is 6.91. The Hall–Kier alpha value is -1.39. The second kappa shape index (κ2) is 6.68. The van der Waals surface area contributed by atoms with Crippen molar-refractivity contribution < 1.29 is 4.79 Å². The molecular weight excluding hydrogens is 238 g/mol. The molecule has 4 heteroatoms. The van der Waals surface area contributed by atoms with Gasteiger partial charge in [-0.1, -0.05) is 30.3 Å². The molecule has 1 aliphatic heterocycles. The van der Waals surface area contributed by atoms with Crippen LogP contribution in [0.1, 0.15) is 25.3 Å². The molecule has 1 aliphatic rings. The molecule has 0 unspecified atom stereocenters. The average Bonchev–Trinajstić information content (AvgIpc) is 2.42. The van der Waals surface area contributed by atoms with Crippen LogP contribution in [0.5, 0.6) is 0 Å². The van der Waals surface area contributed by atoms with Gasteiger partial charge in [-0.15, -0.1) is 0 Å².